The van der Waals surface area contributed by atoms with Crippen LogP contribution >= 0.6 is 0 Å². The Hall–Kier alpha value is -3.55. The van der Waals surface area contributed by atoms with Gasteiger partial charge < -0.3 is 19.6 Å². The van der Waals surface area contributed by atoms with Crippen molar-refractivity contribution in [3.8, 4) is 6.07 Å². The van der Waals surface area contributed by atoms with Gasteiger partial charge in [-0.3, -0.25) is 9.88 Å². The molecule has 1 spiro atoms. The second kappa shape index (κ2) is 8.29. The Morgan fingerprint density at radius 2 is 2.11 bits per heavy atom. The lowest BCUT2D eigenvalue weighted by Gasteiger charge is -2.44. The van der Waals surface area contributed by atoms with Crippen molar-refractivity contribution in [2.75, 3.05) is 18.6 Å². The maximum Gasteiger partial charge on any atom is 0.416 e. The number of carbonyl (C=O) groups is 1. The van der Waals surface area contributed by atoms with Crippen LogP contribution in [0.1, 0.15) is 56.4 Å². The van der Waals surface area contributed by atoms with Crippen molar-refractivity contribution < 1.29 is 19.4 Å². The van der Waals surface area contributed by atoms with Crippen LogP contribution in [0.2, 0.25) is 0 Å². The summed E-state index contributed by atoms with van der Waals surface area (Å²) >= 11 is 0. The lowest BCUT2D eigenvalue weighted by molar-refractivity contribution is -0.105. The number of H-pyrrole nitrogens is 1. The van der Waals surface area contributed by atoms with E-state index in [9.17, 15) is 15.2 Å². The molecule has 1 aliphatic heterocycles. The standard InChI is InChI=1S/C25H28N6O4/c1-23(2,33)19-11-28-20(12-27-19)31-14-25(35-22(31)32)8-4-7-24(13-25,34-3)9-17-16(10-26)5-6-18-21(17)30-15-29-18/h5-6,11-12,15,33H,4,7-9,13-14H2,1-3H3,(H,29,30)/t24-,25+/m1/s1. The van der Waals surface area contributed by atoms with E-state index < -0.39 is 22.9 Å². The number of nitrogens with zero attached hydrogens (tertiary/aromatic N) is 5. The number of methoxy groups -OCH3 is 1. The number of aliphatic hydroxyl groups is 1. The summed E-state index contributed by atoms with van der Waals surface area (Å²) in [6, 6.07) is 5.94. The van der Waals surface area contributed by atoms with Gasteiger partial charge in [-0.2, -0.15) is 5.26 Å². The zero-order chi connectivity index (χ0) is 24.8. The molecule has 2 N–H and O–H groups in total. The Bertz CT molecular complexity index is 1310. The van der Waals surface area contributed by atoms with Gasteiger partial charge in [-0.25, -0.2) is 14.8 Å². The summed E-state index contributed by atoms with van der Waals surface area (Å²) in [5.74, 6) is 0.376. The van der Waals surface area contributed by atoms with Crippen molar-refractivity contribution >= 4 is 22.9 Å². The number of anilines is 1. The molecule has 35 heavy (non-hydrogen) atoms. The van der Waals surface area contributed by atoms with E-state index in [1.807, 2.05) is 6.07 Å². The fourth-order valence-corrected chi connectivity index (χ4v) is 5.36. The molecule has 0 bridgehead atoms. The molecule has 5 rings (SSSR count). The van der Waals surface area contributed by atoms with Crippen molar-refractivity contribution in [1.82, 2.24) is 19.9 Å². The fourth-order valence-electron chi connectivity index (χ4n) is 5.36. The highest BCUT2D eigenvalue weighted by molar-refractivity contribution is 5.89. The molecule has 3 aromatic rings. The number of rotatable bonds is 5. The summed E-state index contributed by atoms with van der Waals surface area (Å²) in [6.07, 6.45) is 7.35. The second-order valence-corrected chi connectivity index (χ2v) is 10.1. The van der Waals surface area contributed by atoms with E-state index in [-0.39, 0.29) is 0 Å². The van der Waals surface area contributed by atoms with E-state index in [4.69, 9.17) is 9.47 Å². The number of hydrogen-bond acceptors (Lipinski definition) is 8. The number of carbonyl (C=O) groups excluding carboxylic acids is 1. The second-order valence-electron chi connectivity index (χ2n) is 10.1. The van der Waals surface area contributed by atoms with Crippen LogP contribution in [0.3, 0.4) is 0 Å². The van der Waals surface area contributed by atoms with Crippen LogP contribution in [0.5, 0.6) is 0 Å². The maximum atomic E-state index is 12.9. The molecule has 0 unspecified atom stereocenters. The molecular weight excluding hydrogens is 448 g/mol. The number of imidazole rings is 1. The molecule has 0 radical (unpaired) electrons. The maximum absolute atomic E-state index is 12.9. The minimum Gasteiger partial charge on any atom is -0.440 e. The third-order valence-corrected chi connectivity index (χ3v) is 7.17. The lowest BCUT2D eigenvalue weighted by atomic mass is 9.71. The first-order valence-electron chi connectivity index (χ1n) is 11.6. The molecule has 182 valence electrons. The molecule has 2 aliphatic rings. The van der Waals surface area contributed by atoms with Gasteiger partial charge in [0, 0.05) is 25.5 Å². The number of aromatic nitrogens is 4. The molecule has 2 fully saturated rings. The summed E-state index contributed by atoms with van der Waals surface area (Å²) in [7, 11) is 1.67. The summed E-state index contributed by atoms with van der Waals surface area (Å²) in [5, 5.41) is 19.9. The van der Waals surface area contributed by atoms with Crippen LogP contribution in [0, 0.1) is 11.3 Å². The van der Waals surface area contributed by atoms with Gasteiger partial charge in [0.05, 0.1) is 59.2 Å². The Morgan fingerprint density at radius 3 is 2.80 bits per heavy atom. The molecule has 2 aromatic heterocycles. The summed E-state index contributed by atoms with van der Waals surface area (Å²) in [6.45, 7) is 3.58. The van der Waals surface area contributed by atoms with Gasteiger partial charge in [-0.1, -0.05) is 0 Å². The van der Waals surface area contributed by atoms with Gasteiger partial charge in [0.25, 0.3) is 0 Å². The highest BCUT2D eigenvalue weighted by atomic mass is 16.6. The van der Waals surface area contributed by atoms with Crippen molar-refractivity contribution in [2.45, 2.75) is 62.8 Å². The average Bonchev–Trinajstić information content (AvgIpc) is 3.43. The molecule has 1 saturated carbocycles. The van der Waals surface area contributed by atoms with Crippen molar-refractivity contribution in [3.05, 3.63) is 47.7 Å². The largest absolute Gasteiger partial charge is 0.440 e. The molecule has 1 aromatic carbocycles. The third kappa shape index (κ3) is 4.11. The zero-order valence-electron chi connectivity index (χ0n) is 20.0. The number of fused-ring (bicyclic) bond motifs is 1. The minimum atomic E-state index is -1.13. The van der Waals surface area contributed by atoms with E-state index in [0.717, 1.165) is 29.4 Å². The summed E-state index contributed by atoms with van der Waals surface area (Å²) in [4.78, 5) is 30.6. The highest BCUT2D eigenvalue weighted by Gasteiger charge is 2.54. The Morgan fingerprint density at radius 1 is 1.29 bits per heavy atom. The van der Waals surface area contributed by atoms with Gasteiger partial charge in [0.1, 0.15) is 11.2 Å². The van der Waals surface area contributed by atoms with E-state index in [1.54, 1.807) is 33.4 Å². The third-order valence-electron chi connectivity index (χ3n) is 7.17. The van der Waals surface area contributed by atoms with Crippen LogP contribution in [0.15, 0.2) is 30.9 Å². The van der Waals surface area contributed by atoms with E-state index >= 15 is 0 Å². The lowest BCUT2D eigenvalue weighted by Crippen LogP contribution is -2.50. The van der Waals surface area contributed by atoms with E-state index in [0.29, 0.717) is 42.9 Å². The molecule has 10 heteroatoms. The van der Waals surface area contributed by atoms with Gasteiger partial charge in [-0.15, -0.1) is 0 Å². The Labute approximate surface area is 202 Å². The number of hydrogen-bond donors (Lipinski definition) is 2. The SMILES string of the molecule is CO[C@@]1(Cc2c(C#N)ccc3[nH]cnc23)CCC[C@@]2(CN(c3cnc(C(C)(C)O)cn3)C(=O)O2)C1. The molecule has 2 atom stereocenters. The van der Waals surface area contributed by atoms with Crippen LogP contribution in [0.4, 0.5) is 10.6 Å². The van der Waals surface area contributed by atoms with Gasteiger partial charge in [0.15, 0.2) is 5.82 Å². The van der Waals surface area contributed by atoms with Gasteiger partial charge in [-0.05, 0) is 45.2 Å². The first-order chi connectivity index (χ1) is 16.7. The molecule has 3 heterocycles. The predicted molar refractivity (Wildman–Crippen MR) is 127 cm³/mol. The van der Waals surface area contributed by atoms with Crippen LogP contribution in [-0.4, -0.2) is 56.0 Å². The van der Waals surface area contributed by atoms with E-state index in [2.05, 4.69) is 26.0 Å². The number of amides is 1. The topological polar surface area (TPSA) is 137 Å². The molecular formula is C25H28N6O4. The molecule has 1 amide bonds. The monoisotopic (exact) mass is 476 g/mol. The van der Waals surface area contributed by atoms with Gasteiger partial charge in [0.2, 0.25) is 0 Å². The van der Waals surface area contributed by atoms with Crippen molar-refractivity contribution in [3.63, 3.8) is 0 Å². The predicted octanol–water partition coefficient (Wildman–Crippen LogP) is 3.35. The van der Waals surface area contributed by atoms with Gasteiger partial charge >= 0.3 is 6.09 Å². The average molecular weight is 477 g/mol. The Balaban J connectivity index is 1.42. The fraction of sp³-hybridized carbons (Fsp3) is 0.480. The highest BCUT2D eigenvalue weighted by Crippen LogP contribution is 2.46. The smallest absolute Gasteiger partial charge is 0.416 e. The molecule has 1 aliphatic carbocycles. The number of aromatic amines is 1. The minimum absolute atomic E-state index is 0.325. The first-order valence-corrected chi connectivity index (χ1v) is 11.6. The van der Waals surface area contributed by atoms with Crippen LogP contribution in [0.25, 0.3) is 11.0 Å². The zero-order valence-corrected chi connectivity index (χ0v) is 20.0. The number of ether oxygens (including phenoxy) is 2. The summed E-state index contributed by atoms with van der Waals surface area (Å²) < 4.78 is 12.1. The first kappa shape index (κ1) is 23.2. The Kier molecular flexibility index (Phi) is 5.49. The van der Waals surface area contributed by atoms with Crippen LogP contribution < -0.4 is 4.90 Å². The normalized spacial score (nSPS) is 24.7. The summed E-state index contributed by atoms with van der Waals surface area (Å²) in [5.41, 5.74) is 0.944. The number of nitriles is 1. The number of nitrogens with one attached hydrogen (secondary N) is 1. The molecule has 1 saturated heterocycles. The van der Waals surface area contributed by atoms with E-state index in [1.165, 1.54) is 17.3 Å². The van der Waals surface area contributed by atoms with Crippen LogP contribution in [-0.2, 0) is 21.5 Å². The van der Waals surface area contributed by atoms with Crippen molar-refractivity contribution in [2.24, 2.45) is 0 Å². The molecule has 10 nitrogen and oxygen atoms in total. The quantitative estimate of drug-likeness (QED) is 0.572. The van der Waals surface area contributed by atoms with Crippen molar-refractivity contribution in [1.29, 1.82) is 5.26 Å². The number of benzene rings is 1.